The van der Waals surface area contributed by atoms with Crippen molar-refractivity contribution in [3.05, 3.63) is 30.1 Å². The number of nitrogens with one attached hydrogen (secondary N) is 2. The van der Waals surface area contributed by atoms with Gasteiger partial charge in [-0.25, -0.2) is 4.79 Å². The summed E-state index contributed by atoms with van der Waals surface area (Å²) in [6.45, 7) is 3.47. The van der Waals surface area contributed by atoms with Crippen LogP contribution in [0.25, 0.3) is 0 Å². The van der Waals surface area contributed by atoms with Gasteiger partial charge in [0.1, 0.15) is 0 Å². The van der Waals surface area contributed by atoms with Gasteiger partial charge in [-0.15, -0.1) is 0 Å². The highest BCUT2D eigenvalue weighted by atomic mass is 16.4. The molecule has 0 unspecified atom stereocenters. The molecule has 0 atom stereocenters. The van der Waals surface area contributed by atoms with Gasteiger partial charge in [-0.2, -0.15) is 0 Å². The molecule has 0 saturated carbocycles. The van der Waals surface area contributed by atoms with Crippen LogP contribution >= 0.6 is 0 Å². The van der Waals surface area contributed by atoms with Crippen LogP contribution in [0.5, 0.6) is 0 Å². The van der Waals surface area contributed by atoms with Crippen molar-refractivity contribution in [2.24, 2.45) is 5.41 Å². The van der Waals surface area contributed by atoms with Crippen LogP contribution in [0.4, 0.5) is 4.79 Å². The first-order chi connectivity index (χ1) is 8.42. The topological polar surface area (TPSA) is 91.3 Å². The van der Waals surface area contributed by atoms with Crippen LogP contribution in [0.1, 0.15) is 19.5 Å². The summed E-state index contributed by atoms with van der Waals surface area (Å²) in [6, 6.07) is 5.01. The van der Waals surface area contributed by atoms with Crippen LogP contribution < -0.4 is 10.6 Å². The second kappa shape index (κ2) is 6.00. The third kappa shape index (κ3) is 4.40. The Morgan fingerprint density at radius 1 is 1.33 bits per heavy atom. The third-order valence-corrected chi connectivity index (χ3v) is 2.43. The molecule has 0 bridgehead atoms. The van der Waals surface area contributed by atoms with E-state index in [1.165, 1.54) is 0 Å². The zero-order valence-electron chi connectivity index (χ0n) is 10.4. The molecule has 6 nitrogen and oxygen atoms in total. The lowest BCUT2D eigenvalue weighted by molar-refractivity contribution is -0.146. The maximum atomic E-state index is 11.4. The largest absolute Gasteiger partial charge is 0.481 e. The number of rotatable bonds is 5. The normalized spacial score (nSPS) is 10.8. The molecular formula is C12H17N3O3. The molecule has 3 N–H and O–H groups in total. The second-order valence-electron chi connectivity index (χ2n) is 4.55. The van der Waals surface area contributed by atoms with Gasteiger partial charge in [-0.05, 0) is 26.0 Å². The van der Waals surface area contributed by atoms with Crippen LogP contribution in [-0.2, 0) is 11.3 Å². The molecule has 0 radical (unpaired) electrons. The van der Waals surface area contributed by atoms with E-state index in [4.69, 9.17) is 5.11 Å². The molecule has 0 fully saturated rings. The van der Waals surface area contributed by atoms with E-state index in [0.717, 1.165) is 5.69 Å². The van der Waals surface area contributed by atoms with Crippen LogP contribution in [0.15, 0.2) is 24.4 Å². The Labute approximate surface area is 105 Å². The fourth-order valence-electron chi connectivity index (χ4n) is 1.11. The van der Waals surface area contributed by atoms with Gasteiger partial charge in [-0.1, -0.05) is 6.07 Å². The highest BCUT2D eigenvalue weighted by molar-refractivity contribution is 5.77. The summed E-state index contributed by atoms with van der Waals surface area (Å²) in [6.07, 6.45) is 1.64. The minimum atomic E-state index is -0.984. The van der Waals surface area contributed by atoms with E-state index in [1.807, 2.05) is 6.07 Å². The summed E-state index contributed by atoms with van der Waals surface area (Å²) in [5, 5.41) is 14.0. The molecule has 2 amide bonds. The number of aromatic nitrogens is 1. The monoisotopic (exact) mass is 251 g/mol. The zero-order chi connectivity index (χ0) is 13.6. The molecule has 0 saturated heterocycles. The van der Waals surface area contributed by atoms with Crippen LogP contribution in [-0.4, -0.2) is 28.6 Å². The minimum Gasteiger partial charge on any atom is -0.481 e. The van der Waals surface area contributed by atoms with Crippen LogP contribution in [0, 0.1) is 5.41 Å². The summed E-state index contributed by atoms with van der Waals surface area (Å²) in [5.74, 6) is -0.951. The summed E-state index contributed by atoms with van der Waals surface area (Å²) in [5.41, 5.74) is -0.243. The molecule has 1 heterocycles. The average Bonchev–Trinajstić information content (AvgIpc) is 2.35. The van der Waals surface area contributed by atoms with E-state index < -0.39 is 17.4 Å². The number of amides is 2. The van der Waals surface area contributed by atoms with Crippen molar-refractivity contribution in [3.63, 3.8) is 0 Å². The minimum absolute atomic E-state index is 0.0659. The van der Waals surface area contributed by atoms with E-state index in [-0.39, 0.29) is 6.54 Å². The molecule has 0 aromatic carbocycles. The maximum Gasteiger partial charge on any atom is 0.315 e. The zero-order valence-corrected chi connectivity index (χ0v) is 10.4. The summed E-state index contributed by atoms with van der Waals surface area (Å²) >= 11 is 0. The smallest absolute Gasteiger partial charge is 0.315 e. The second-order valence-corrected chi connectivity index (χ2v) is 4.55. The predicted octanol–water partition coefficient (Wildman–Crippen LogP) is 0.992. The molecule has 98 valence electrons. The number of urea groups is 1. The first kappa shape index (κ1) is 14.0. The number of hydrogen-bond acceptors (Lipinski definition) is 3. The van der Waals surface area contributed by atoms with E-state index in [2.05, 4.69) is 15.6 Å². The lowest BCUT2D eigenvalue weighted by atomic mass is 9.94. The van der Waals surface area contributed by atoms with Crippen molar-refractivity contribution < 1.29 is 14.7 Å². The number of hydrogen-bond donors (Lipinski definition) is 3. The Morgan fingerprint density at radius 2 is 2.06 bits per heavy atom. The predicted molar refractivity (Wildman–Crippen MR) is 65.9 cm³/mol. The number of carboxylic acids is 1. The Kier molecular flexibility index (Phi) is 4.65. The lowest BCUT2D eigenvalue weighted by Gasteiger charge is -2.19. The molecule has 0 aliphatic rings. The number of carbonyl (C=O) groups is 2. The maximum absolute atomic E-state index is 11.4. The van der Waals surface area contributed by atoms with E-state index in [1.54, 1.807) is 32.2 Å². The molecule has 1 aromatic rings. The van der Waals surface area contributed by atoms with Gasteiger partial charge < -0.3 is 15.7 Å². The molecule has 0 spiro atoms. The van der Waals surface area contributed by atoms with Crippen molar-refractivity contribution in [1.29, 1.82) is 0 Å². The van der Waals surface area contributed by atoms with Crippen molar-refractivity contribution >= 4 is 12.0 Å². The third-order valence-electron chi connectivity index (χ3n) is 2.43. The summed E-state index contributed by atoms with van der Waals surface area (Å²) < 4.78 is 0. The van der Waals surface area contributed by atoms with Gasteiger partial charge in [-0.3, -0.25) is 9.78 Å². The molecule has 1 rings (SSSR count). The Morgan fingerprint density at radius 3 is 2.61 bits per heavy atom. The number of carboxylic acid groups (broad SMARTS) is 1. The molecule has 1 aromatic heterocycles. The van der Waals surface area contributed by atoms with E-state index >= 15 is 0 Å². The van der Waals surface area contributed by atoms with Gasteiger partial charge in [0.2, 0.25) is 0 Å². The highest BCUT2D eigenvalue weighted by Gasteiger charge is 2.27. The quantitative estimate of drug-likeness (QED) is 0.727. The standard InChI is InChI=1S/C12H17N3O3/c1-12(2,10(16)17)8-15-11(18)14-7-9-5-3-4-6-13-9/h3-6H,7-8H2,1-2H3,(H,16,17)(H2,14,15,18). The fraction of sp³-hybridized carbons (Fsp3) is 0.417. The fourth-order valence-corrected chi connectivity index (χ4v) is 1.11. The average molecular weight is 251 g/mol. The number of pyridine rings is 1. The number of carbonyl (C=O) groups excluding carboxylic acids is 1. The lowest BCUT2D eigenvalue weighted by Crippen LogP contribution is -2.43. The molecular weight excluding hydrogens is 234 g/mol. The van der Waals surface area contributed by atoms with E-state index in [9.17, 15) is 9.59 Å². The Hall–Kier alpha value is -2.11. The van der Waals surface area contributed by atoms with Gasteiger partial charge in [0.05, 0.1) is 17.7 Å². The van der Waals surface area contributed by atoms with Crippen molar-refractivity contribution in [2.75, 3.05) is 6.54 Å². The summed E-state index contributed by atoms with van der Waals surface area (Å²) in [7, 11) is 0. The number of aliphatic carboxylic acids is 1. The van der Waals surface area contributed by atoms with Gasteiger partial charge in [0.25, 0.3) is 0 Å². The van der Waals surface area contributed by atoms with Crippen LogP contribution in [0.2, 0.25) is 0 Å². The molecule has 18 heavy (non-hydrogen) atoms. The molecule has 0 aliphatic heterocycles. The first-order valence-corrected chi connectivity index (χ1v) is 5.57. The molecule has 6 heteroatoms. The Bertz CT molecular complexity index is 418. The van der Waals surface area contributed by atoms with Crippen molar-refractivity contribution in [3.8, 4) is 0 Å². The summed E-state index contributed by atoms with van der Waals surface area (Å²) in [4.78, 5) is 26.3. The van der Waals surface area contributed by atoms with Gasteiger partial charge >= 0.3 is 12.0 Å². The van der Waals surface area contributed by atoms with E-state index in [0.29, 0.717) is 6.54 Å². The van der Waals surface area contributed by atoms with Crippen LogP contribution in [0.3, 0.4) is 0 Å². The van der Waals surface area contributed by atoms with Gasteiger partial charge in [0.15, 0.2) is 0 Å². The SMILES string of the molecule is CC(C)(CNC(=O)NCc1ccccn1)C(=O)O. The van der Waals surface area contributed by atoms with Crippen molar-refractivity contribution in [2.45, 2.75) is 20.4 Å². The van der Waals surface area contributed by atoms with Crippen molar-refractivity contribution in [1.82, 2.24) is 15.6 Å². The highest BCUT2D eigenvalue weighted by Crippen LogP contribution is 2.12. The Balaban J connectivity index is 2.33. The molecule has 0 aliphatic carbocycles. The number of nitrogens with zero attached hydrogens (tertiary/aromatic N) is 1. The van der Waals surface area contributed by atoms with Gasteiger partial charge in [0, 0.05) is 12.7 Å². The first-order valence-electron chi connectivity index (χ1n) is 5.57.